The predicted octanol–water partition coefficient (Wildman–Crippen LogP) is 3.05. The molecule has 0 N–H and O–H groups in total. The highest BCUT2D eigenvalue weighted by molar-refractivity contribution is 5.76. The Labute approximate surface area is 182 Å². The van der Waals surface area contributed by atoms with E-state index in [1.54, 1.807) is 14.2 Å². The second-order valence-corrected chi connectivity index (χ2v) is 7.61. The molecule has 7 nitrogen and oxygen atoms in total. The smallest absolute Gasteiger partial charge is 0.323 e. The van der Waals surface area contributed by atoms with Gasteiger partial charge < -0.3 is 18.8 Å². The van der Waals surface area contributed by atoms with Crippen LogP contribution in [0.15, 0.2) is 54.9 Å². The first-order valence-electron chi connectivity index (χ1n) is 10.2. The van der Waals surface area contributed by atoms with E-state index in [4.69, 9.17) is 14.2 Å². The Morgan fingerprint density at radius 2 is 1.52 bits per heavy atom. The van der Waals surface area contributed by atoms with E-state index in [-0.39, 0.29) is 12.0 Å². The fourth-order valence-corrected chi connectivity index (χ4v) is 3.98. The molecule has 1 atom stereocenters. The standard InChI is InChI=1S/C24H27N3O4/c1-29-19-8-4-17(5-9-19)13-26-15-23-21(12-22(26)24(28)31-3)25-16-27(23)14-18-6-10-20(30-2)11-7-18/h4-11,16,22H,12-15H2,1-3H3. The van der Waals surface area contributed by atoms with Gasteiger partial charge in [0.15, 0.2) is 0 Å². The Morgan fingerprint density at radius 1 is 0.935 bits per heavy atom. The highest BCUT2D eigenvalue weighted by atomic mass is 16.5. The molecule has 0 amide bonds. The number of carbonyl (C=O) groups excluding carboxylic acids is 1. The zero-order chi connectivity index (χ0) is 21.8. The molecule has 2 heterocycles. The number of aromatic nitrogens is 2. The van der Waals surface area contributed by atoms with E-state index in [9.17, 15) is 4.79 Å². The number of esters is 1. The molecule has 0 aliphatic carbocycles. The van der Waals surface area contributed by atoms with Gasteiger partial charge in [-0.15, -0.1) is 0 Å². The SMILES string of the molecule is COC(=O)C1Cc2ncn(Cc3ccc(OC)cc3)c2CN1Cc1ccc(OC)cc1. The number of fused-ring (bicyclic) bond motifs is 1. The molecule has 1 aliphatic heterocycles. The predicted molar refractivity (Wildman–Crippen MR) is 116 cm³/mol. The van der Waals surface area contributed by atoms with Gasteiger partial charge >= 0.3 is 5.97 Å². The molecule has 0 fully saturated rings. The van der Waals surface area contributed by atoms with Gasteiger partial charge in [0.2, 0.25) is 0 Å². The second kappa shape index (κ2) is 9.22. The monoisotopic (exact) mass is 421 g/mol. The van der Waals surface area contributed by atoms with Crippen LogP contribution < -0.4 is 9.47 Å². The number of carbonyl (C=O) groups is 1. The minimum atomic E-state index is -0.357. The number of benzene rings is 2. The average molecular weight is 421 g/mol. The summed E-state index contributed by atoms with van der Waals surface area (Å²) in [5.74, 6) is 1.42. The first-order valence-corrected chi connectivity index (χ1v) is 10.2. The lowest BCUT2D eigenvalue weighted by molar-refractivity contribution is -0.148. The van der Waals surface area contributed by atoms with Crippen LogP contribution in [0.2, 0.25) is 0 Å². The quantitative estimate of drug-likeness (QED) is 0.547. The summed E-state index contributed by atoms with van der Waals surface area (Å²) in [6, 6.07) is 15.6. The van der Waals surface area contributed by atoms with Crippen LogP contribution in [-0.2, 0) is 35.6 Å². The molecule has 1 unspecified atom stereocenters. The Balaban J connectivity index is 1.57. The van der Waals surface area contributed by atoms with Gasteiger partial charge in [0.25, 0.3) is 0 Å². The maximum atomic E-state index is 12.5. The summed E-state index contributed by atoms with van der Waals surface area (Å²) in [5.41, 5.74) is 4.36. The molecule has 7 heteroatoms. The van der Waals surface area contributed by atoms with Crippen molar-refractivity contribution in [3.05, 3.63) is 77.4 Å². The van der Waals surface area contributed by atoms with E-state index in [1.807, 2.05) is 42.7 Å². The number of methoxy groups -OCH3 is 3. The van der Waals surface area contributed by atoms with Crippen molar-refractivity contribution in [1.29, 1.82) is 0 Å². The largest absolute Gasteiger partial charge is 0.497 e. The van der Waals surface area contributed by atoms with Crippen LogP contribution in [-0.4, -0.2) is 47.8 Å². The molecule has 3 aromatic rings. The molecule has 4 rings (SSSR count). The van der Waals surface area contributed by atoms with E-state index in [2.05, 4.69) is 26.6 Å². The minimum absolute atomic E-state index is 0.233. The van der Waals surface area contributed by atoms with Crippen molar-refractivity contribution in [3.8, 4) is 11.5 Å². The maximum Gasteiger partial charge on any atom is 0.323 e. The third-order valence-corrected chi connectivity index (χ3v) is 5.74. The van der Waals surface area contributed by atoms with Crippen LogP contribution in [0.1, 0.15) is 22.5 Å². The first-order chi connectivity index (χ1) is 15.1. The Kier molecular flexibility index (Phi) is 6.23. The summed E-state index contributed by atoms with van der Waals surface area (Å²) in [6.07, 6.45) is 2.40. The summed E-state index contributed by atoms with van der Waals surface area (Å²) in [4.78, 5) is 19.3. The zero-order valence-electron chi connectivity index (χ0n) is 18.1. The van der Waals surface area contributed by atoms with Crippen LogP contribution in [0.3, 0.4) is 0 Å². The zero-order valence-corrected chi connectivity index (χ0v) is 18.1. The molecule has 2 aromatic carbocycles. The summed E-state index contributed by atoms with van der Waals surface area (Å²) >= 11 is 0. The average Bonchev–Trinajstić information content (AvgIpc) is 3.20. The number of ether oxygens (including phenoxy) is 3. The molecular formula is C24H27N3O4. The van der Waals surface area contributed by atoms with E-state index in [1.165, 1.54) is 7.11 Å². The molecule has 0 saturated heterocycles. The number of rotatable bonds is 7. The highest BCUT2D eigenvalue weighted by Crippen LogP contribution is 2.26. The van der Waals surface area contributed by atoms with Gasteiger partial charge in [-0.3, -0.25) is 9.69 Å². The molecular weight excluding hydrogens is 394 g/mol. The van der Waals surface area contributed by atoms with E-state index < -0.39 is 0 Å². The Morgan fingerprint density at radius 3 is 2.06 bits per heavy atom. The van der Waals surface area contributed by atoms with Gasteiger partial charge in [0, 0.05) is 26.1 Å². The fourth-order valence-electron chi connectivity index (χ4n) is 3.98. The van der Waals surface area contributed by atoms with Crippen LogP contribution in [0.4, 0.5) is 0 Å². The lowest BCUT2D eigenvalue weighted by atomic mass is 10.0. The van der Waals surface area contributed by atoms with Gasteiger partial charge in [-0.25, -0.2) is 4.98 Å². The van der Waals surface area contributed by atoms with Crippen molar-refractivity contribution in [2.75, 3.05) is 21.3 Å². The van der Waals surface area contributed by atoms with Crippen molar-refractivity contribution < 1.29 is 19.0 Å². The summed E-state index contributed by atoms with van der Waals surface area (Å²) < 4.78 is 17.7. The van der Waals surface area contributed by atoms with Gasteiger partial charge in [-0.1, -0.05) is 24.3 Å². The number of hydrogen-bond donors (Lipinski definition) is 0. The van der Waals surface area contributed by atoms with Crippen LogP contribution in [0, 0.1) is 0 Å². The molecule has 1 aromatic heterocycles. The van der Waals surface area contributed by atoms with Crippen molar-refractivity contribution >= 4 is 5.97 Å². The van der Waals surface area contributed by atoms with Gasteiger partial charge in [-0.2, -0.15) is 0 Å². The molecule has 1 aliphatic rings. The molecule has 0 radical (unpaired) electrons. The Hall–Kier alpha value is -3.32. The van der Waals surface area contributed by atoms with E-state index in [0.29, 0.717) is 26.1 Å². The van der Waals surface area contributed by atoms with E-state index in [0.717, 1.165) is 34.0 Å². The summed E-state index contributed by atoms with van der Waals surface area (Å²) in [6.45, 7) is 1.97. The third kappa shape index (κ3) is 4.56. The van der Waals surface area contributed by atoms with Crippen molar-refractivity contribution in [2.45, 2.75) is 32.1 Å². The topological polar surface area (TPSA) is 65.8 Å². The number of hydrogen-bond acceptors (Lipinski definition) is 6. The third-order valence-electron chi connectivity index (χ3n) is 5.74. The highest BCUT2D eigenvalue weighted by Gasteiger charge is 2.34. The summed E-state index contributed by atoms with van der Waals surface area (Å²) in [5, 5.41) is 0. The number of nitrogens with zero attached hydrogens (tertiary/aromatic N) is 3. The van der Waals surface area contributed by atoms with Crippen LogP contribution >= 0.6 is 0 Å². The normalized spacial score (nSPS) is 15.9. The second-order valence-electron chi connectivity index (χ2n) is 7.61. The minimum Gasteiger partial charge on any atom is -0.497 e. The lowest BCUT2D eigenvalue weighted by Crippen LogP contribution is -2.46. The molecule has 0 bridgehead atoms. The maximum absolute atomic E-state index is 12.5. The first kappa shape index (κ1) is 20.9. The van der Waals surface area contributed by atoms with Crippen LogP contribution in [0.5, 0.6) is 11.5 Å². The molecule has 0 spiro atoms. The van der Waals surface area contributed by atoms with Gasteiger partial charge in [0.1, 0.15) is 17.5 Å². The lowest BCUT2D eigenvalue weighted by Gasteiger charge is -2.34. The molecule has 0 saturated carbocycles. The number of imidazole rings is 1. The van der Waals surface area contributed by atoms with E-state index >= 15 is 0 Å². The van der Waals surface area contributed by atoms with Crippen LogP contribution in [0.25, 0.3) is 0 Å². The Bertz CT molecular complexity index is 1030. The fraction of sp³-hybridized carbons (Fsp3) is 0.333. The van der Waals surface area contributed by atoms with Gasteiger partial charge in [0.05, 0.1) is 39.0 Å². The molecule has 162 valence electrons. The summed E-state index contributed by atoms with van der Waals surface area (Å²) in [7, 11) is 4.75. The van der Waals surface area contributed by atoms with Crippen molar-refractivity contribution in [1.82, 2.24) is 14.5 Å². The van der Waals surface area contributed by atoms with Gasteiger partial charge in [-0.05, 0) is 35.4 Å². The van der Waals surface area contributed by atoms with Crippen molar-refractivity contribution in [2.24, 2.45) is 0 Å². The van der Waals surface area contributed by atoms with Crippen molar-refractivity contribution in [3.63, 3.8) is 0 Å². The molecule has 31 heavy (non-hydrogen) atoms.